The molecule has 44 heavy (non-hydrogen) atoms. The van der Waals surface area contributed by atoms with Gasteiger partial charge in [0.1, 0.15) is 0 Å². The average Bonchev–Trinajstić information content (AvgIpc) is 3.62. The lowest BCUT2D eigenvalue weighted by atomic mass is 9.94. The zero-order chi connectivity index (χ0) is 28.8. The molecule has 8 aromatic carbocycles. The molecule has 0 aliphatic heterocycles. The fourth-order valence-electron chi connectivity index (χ4n) is 7.67. The second kappa shape index (κ2) is 8.82. The molecule has 0 radical (unpaired) electrons. The van der Waals surface area contributed by atoms with E-state index in [1.54, 1.807) is 0 Å². The Hall–Kier alpha value is -5.86. The van der Waals surface area contributed by atoms with E-state index in [4.69, 9.17) is 0 Å². The molecule has 0 spiro atoms. The number of rotatable bonds is 2. The third-order valence-corrected chi connectivity index (χ3v) is 9.48. The van der Waals surface area contributed by atoms with E-state index < -0.39 is 0 Å². The van der Waals surface area contributed by atoms with Crippen LogP contribution in [0, 0.1) is 0 Å². The highest BCUT2D eigenvalue weighted by Crippen LogP contribution is 2.41. The summed E-state index contributed by atoms with van der Waals surface area (Å²) in [5.41, 5.74) is 7.20. The van der Waals surface area contributed by atoms with Crippen LogP contribution in [-0.2, 0) is 0 Å². The van der Waals surface area contributed by atoms with Crippen LogP contribution in [-0.4, -0.2) is 9.13 Å². The van der Waals surface area contributed by atoms with E-state index in [2.05, 4.69) is 167 Å². The van der Waals surface area contributed by atoms with Crippen LogP contribution in [0.25, 0.3) is 87.3 Å². The van der Waals surface area contributed by atoms with Gasteiger partial charge in [0.2, 0.25) is 0 Å². The van der Waals surface area contributed by atoms with Crippen LogP contribution in [0.5, 0.6) is 0 Å². The van der Waals surface area contributed by atoms with Crippen molar-refractivity contribution in [3.05, 3.63) is 158 Å². The molecule has 0 amide bonds. The number of fused-ring (bicyclic) bond motifs is 12. The van der Waals surface area contributed by atoms with E-state index in [-0.39, 0.29) is 0 Å². The molecule has 0 unspecified atom stereocenters. The maximum absolute atomic E-state index is 2.48. The topological polar surface area (TPSA) is 9.86 Å². The molecule has 10 aromatic rings. The van der Waals surface area contributed by atoms with Crippen molar-refractivity contribution in [2.24, 2.45) is 0 Å². The van der Waals surface area contributed by atoms with Gasteiger partial charge in [-0.2, -0.15) is 0 Å². The second-order valence-electron chi connectivity index (χ2n) is 11.7. The summed E-state index contributed by atoms with van der Waals surface area (Å²) in [5, 5.41) is 12.8. The molecule has 2 heteroatoms. The largest absolute Gasteiger partial charge is 0.307 e. The van der Waals surface area contributed by atoms with Crippen LogP contribution in [0.4, 0.5) is 0 Å². The van der Waals surface area contributed by atoms with E-state index in [9.17, 15) is 0 Å². The van der Waals surface area contributed by atoms with Gasteiger partial charge in [-0.05, 0) is 68.7 Å². The first-order valence-corrected chi connectivity index (χ1v) is 15.2. The third-order valence-electron chi connectivity index (χ3n) is 9.48. The van der Waals surface area contributed by atoms with Crippen molar-refractivity contribution in [3.63, 3.8) is 0 Å². The molecule has 0 aliphatic carbocycles. The fourth-order valence-corrected chi connectivity index (χ4v) is 7.67. The van der Waals surface area contributed by atoms with Gasteiger partial charge in [-0.3, -0.25) is 0 Å². The maximum Gasteiger partial charge on any atom is 0.0782 e. The molecule has 0 bridgehead atoms. The van der Waals surface area contributed by atoms with Gasteiger partial charge in [0.25, 0.3) is 0 Å². The monoisotopic (exact) mass is 558 g/mol. The molecule has 2 nitrogen and oxygen atoms in total. The Kier molecular flexibility index (Phi) is 4.75. The van der Waals surface area contributed by atoms with Crippen LogP contribution in [0.3, 0.4) is 0 Å². The molecule has 2 heterocycles. The number of nitrogens with zero attached hydrogens (tertiary/aromatic N) is 2. The van der Waals surface area contributed by atoms with Crippen molar-refractivity contribution in [2.75, 3.05) is 0 Å². The molecule has 0 saturated carbocycles. The maximum atomic E-state index is 2.48. The van der Waals surface area contributed by atoms with E-state index in [1.165, 1.54) is 81.6 Å². The molecule has 2 aromatic heterocycles. The highest BCUT2D eigenvalue weighted by atomic mass is 15.1. The summed E-state index contributed by atoms with van der Waals surface area (Å²) in [4.78, 5) is 0. The summed E-state index contributed by atoms with van der Waals surface area (Å²) in [5.74, 6) is 0. The van der Waals surface area contributed by atoms with Gasteiger partial charge in [-0.25, -0.2) is 0 Å². The predicted octanol–water partition coefficient (Wildman–Crippen LogP) is 11.3. The summed E-state index contributed by atoms with van der Waals surface area (Å²) in [6, 6.07) is 57.8. The van der Waals surface area contributed by atoms with Crippen LogP contribution < -0.4 is 0 Å². The van der Waals surface area contributed by atoms with Crippen LogP contribution in [0.2, 0.25) is 0 Å². The Balaban J connectivity index is 1.38. The van der Waals surface area contributed by atoms with E-state index in [1.807, 2.05) is 0 Å². The summed E-state index contributed by atoms with van der Waals surface area (Å²) in [6.07, 6.45) is 0. The zero-order valence-corrected chi connectivity index (χ0v) is 23.9. The van der Waals surface area contributed by atoms with Crippen molar-refractivity contribution in [2.45, 2.75) is 0 Å². The Morgan fingerprint density at radius 1 is 0.273 bits per heavy atom. The van der Waals surface area contributed by atoms with E-state index >= 15 is 0 Å². The summed E-state index contributed by atoms with van der Waals surface area (Å²) >= 11 is 0. The minimum absolute atomic E-state index is 1.16. The van der Waals surface area contributed by atoms with E-state index in [0.29, 0.717) is 0 Å². The predicted molar refractivity (Wildman–Crippen MR) is 188 cm³/mol. The van der Waals surface area contributed by atoms with Gasteiger partial charge in [0.15, 0.2) is 0 Å². The highest BCUT2D eigenvalue weighted by Gasteiger charge is 2.20. The Morgan fingerprint density at radius 2 is 0.682 bits per heavy atom. The lowest BCUT2D eigenvalue weighted by Gasteiger charge is -2.16. The van der Waals surface area contributed by atoms with Crippen molar-refractivity contribution < 1.29 is 0 Å². The van der Waals surface area contributed by atoms with Gasteiger partial charge in [0, 0.05) is 27.2 Å². The number of benzene rings is 8. The zero-order valence-electron chi connectivity index (χ0n) is 23.9. The number of hydrogen-bond acceptors (Lipinski definition) is 0. The molecule has 0 N–H and O–H groups in total. The van der Waals surface area contributed by atoms with Gasteiger partial charge in [-0.1, -0.05) is 121 Å². The molecule has 0 atom stereocenters. The Morgan fingerprint density at radius 3 is 1.25 bits per heavy atom. The Bertz CT molecular complexity index is 2690. The van der Waals surface area contributed by atoms with Gasteiger partial charge < -0.3 is 9.13 Å². The summed E-state index contributed by atoms with van der Waals surface area (Å²) in [6.45, 7) is 0. The van der Waals surface area contributed by atoms with Gasteiger partial charge in [-0.15, -0.1) is 0 Å². The minimum atomic E-state index is 1.16. The first-order chi connectivity index (χ1) is 21.9. The molecule has 0 aliphatic rings. The van der Waals surface area contributed by atoms with Crippen molar-refractivity contribution in [3.8, 4) is 11.4 Å². The number of para-hydroxylation sites is 4. The highest BCUT2D eigenvalue weighted by molar-refractivity contribution is 6.26. The second-order valence-corrected chi connectivity index (χ2v) is 11.7. The Labute approximate surface area is 253 Å². The smallest absolute Gasteiger partial charge is 0.0782 e. The molecular formula is C42H26N2. The lowest BCUT2D eigenvalue weighted by molar-refractivity contribution is 1.13. The third kappa shape index (κ3) is 3.09. The molecule has 0 saturated heterocycles. The summed E-state index contributed by atoms with van der Waals surface area (Å²) < 4.78 is 4.93. The quantitative estimate of drug-likeness (QED) is 0.187. The molecule has 10 rings (SSSR count). The normalized spacial score (nSPS) is 12.1. The van der Waals surface area contributed by atoms with E-state index in [0.717, 1.165) is 5.69 Å². The fraction of sp³-hybridized carbons (Fsp3) is 0. The van der Waals surface area contributed by atoms with Gasteiger partial charge in [0.05, 0.1) is 27.8 Å². The van der Waals surface area contributed by atoms with Crippen molar-refractivity contribution in [1.82, 2.24) is 9.13 Å². The molecular weight excluding hydrogens is 532 g/mol. The van der Waals surface area contributed by atoms with Crippen LogP contribution in [0.1, 0.15) is 0 Å². The molecule has 204 valence electrons. The first kappa shape index (κ1) is 23.7. The van der Waals surface area contributed by atoms with Gasteiger partial charge >= 0.3 is 0 Å². The van der Waals surface area contributed by atoms with Crippen molar-refractivity contribution in [1.29, 1.82) is 0 Å². The lowest BCUT2D eigenvalue weighted by Crippen LogP contribution is -2.00. The number of hydrogen-bond donors (Lipinski definition) is 0. The first-order valence-electron chi connectivity index (χ1n) is 15.2. The van der Waals surface area contributed by atoms with Crippen molar-refractivity contribution >= 4 is 75.9 Å². The standard InChI is InChI=1S/C42H26N2/c1-2-14-30-28(12-1)29-13-3-4-15-31(29)37-26-27(24-25-32(30)37)43-38-20-8-7-18-35(38)36-19-11-23-41(42(36)43)44-39-21-9-5-16-33(39)34-17-6-10-22-40(34)44/h1-26H. The van der Waals surface area contributed by atoms with Crippen LogP contribution in [0.15, 0.2) is 158 Å². The number of aromatic nitrogens is 2. The van der Waals surface area contributed by atoms with Crippen LogP contribution >= 0.6 is 0 Å². The minimum Gasteiger partial charge on any atom is -0.307 e. The summed E-state index contributed by atoms with van der Waals surface area (Å²) in [7, 11) is 0. The SMILES string of the molecule is c1ccc2c(c1)c1ccccc1c1cc(-n3c4ccccc4c4cccc(-n5c6ccccc6c6ccccc65)c43)ccc21. The average molecular weight is 559 g/mol. The molecule has 0 fully saturated rings.